The van der Waals surface area contributed by atoms with E-state index in [1.54, 1.807) is 25.2 Å². The quantitative estimate of drug-likeness (QED) is 0.599. The zero-order chi connectivity index (χ0) is 18.0. The number of hydrogen-bond acceptors (Lipinski definition) is 5. The number of halogens is 3. The SMILES string of the molecule is CNCc1cc(-c2cccnc2Cl)c(S(=O)(=O)c2cccc(F)c2)s1.Cl. The molecule has 0 aliphatic heterocycles. The molecule has 1 N–H and O–H groups in total. The lowest BCUT2D eigenvalue weighted by Crippen LogP contribution is -2.03. The van der Waals surface area contributed by atoms with Gasteiger partial charge in [-0.15, -0.1) is 23.7 Å². The van der Waals surface area contributed by atoms with E-state index in [4.69, 9.17) is 11.6 Å². The molecule has 0 bridgehead atoms. The van der Waals surface area contributed by atoms with Crippen molar-refractivity contribution in [1.29, 1.82) is 0 Å². The third-order valence-corrected chi connectivity index (χ3v) is 7.22. The second kappa shape index (κ2) is 8.45. The van der Waals surface area contributed by atoms with E-state index in [0.29, 0.717) is 17.7 Å². The summed E-state index contributed by atoms with van der Waals surface area (Å²) in [6, 6.07) is 10.2. The fourth-order valence-electron chi connectivity index (χ4n) is 2.40. The van der Waals surface area contributed by atoms with Gasteiger partial charge in [-0.05, 0) is 43.4 Å². The van der Waals surface area contributed by atoms with E-state index < -0.39 is 15.7 Å². The number of sulfone groups is 1. The Morgan fingerprint density at radius 2 is 1.96 bits per heavy atom. The van der Waals surface area contributed by atoms with Gasteiger partial charge in [0.2, 0.25) is 9.84 Å². The molecule has 0 saturated carbocycles. The Kier molecular flexibility index (Phi) is 6.76. The lowest BCUT2D eigenvalue weighted by Gasteiger charge is -2.07. The van der Waals surface area contributed by atoms with E-state index in [1.165, 1.54) is 24.4 Å². The van der Waals surface area contributed by atoms with E-state index in [2.05, 4.69) is 10.3 Å². The molecule has 3 aromatic rings. The van der Waals surface area contributed by atoms with Gasteiger partial charge in [0.1, 0.15) is 15.2 Å². The Bertz CT molecular complexity index is 1020. The summed E-state index contributed by atoms with van der Waals surface area (Å²) in [5.74, 6) is -0.603. The highest BCUT2D eigenvalue weighted by Crippen LogP contribution is 2.40. The number of aromatic nitrogens is 1. The van der Waals surface area contributed by atoms with E-state index in [9.17, 15) is 12.8 Å². The highest BCUT2D eigenvalue weighted by molar-refractivity contribution is 7.93. The van der Waals surface area contributed by atoms with Crippen LogP contribution >= 0.6 is 35.3 Å². The molecule has 26 heavy (non-hydrogen) atoms. The number of benzene rings is 1. The summed E-state index contributed by atoms with van der Waals surface area (Å²) in [7, 11) is -2.12. The predicted octanol–water partition coefficient (Wildman–Crippen LogP) is 4.58. The van der Waals surface area contributed by atoms with Crippen LogP contribution in [0.1, 0.15) is 4.88 Å². The van der Waals surface area contributed by atoms with Crippen molar-refractivity contribution in [1.82, 2.24) is 10.3 Å². The number of hydrogen-bond donors (Lipinski definition) is 1. The molecule has 0 spiro atoms. The maximum atomic E-state index is 13.5. The maximum Gasteiger partial charge on any atom is 0.216 e. The monoisotopic (exact) mass is 432 g/mol. The van der Waals surface area contributed by atoms with Crippen LogP contribution in [0.15, 0.2) is 57.8 Å². The number of rotatable bonds is 5. The van der Waals surface area contributed by atoms with Crippen molar-refractivity contribution < 1.29 is 12.8 Å². The fourth-order valence-corrected chi connectivity index (χ4v) is 5.78. The average Bonchev–Trinajstić information content (AvgIpc) is 3.00. The standard InChI is InChI=1S/C17H14ClFN2O2S2.ClH/c1-20-10-12-9-15(14-6-3-7-21-16(14)18)17(24-12)25(22,23)13-5-2-4-11(19)8-13;/h2-9,20H,10H2,1H3;1H. The Labute approximate surface area is 166 Å². The Balaban J connectivity index is 0.00000243. The van der Waals surface area contributed by atoms with E-state index >= 15 is 0 Å². The molecule has 0 unspecified atom stereocenters. The minimum atomic E-state index is -3.89. The summed E-state index contributed by atoms with van der Waals surface area (Å²) in [4.78, 5) is 4.76. The van der Waals surface area contributed by atoms with Crippen LogP contribution in [0.25, 0.3) is 11.1 Å². The van der Waals surface area contributed by atoms with Crippen LogP contribution in [0.5, 0.6) is 0 Å². The largest absolute Gasteiger partial charge is 0.315 e. The highest BCUT2D eigenvalue weighted by atomic mass is 35.5. The van der Waals surface area contributed by atoms with E-state index in [1.807, 2.05) is 0 Å². The minimum absolute atomic E-state index is 0. The average molecular weight is 433 g/mol. The highest BCUT2D eigenvalue weighted by Gasteiger charge is 2.26. The molecule has 1 aromatic carbocycles. The first-order valence-corrected chi connectivity index (χ1v) is 10.00. The third-order valence-electron chi connectivity index (χ3n) is 3.50. The molecule has 0 fully saturated rings. The lowest BCUT2D eigenvalue weighted by molar-refractivity contribution is 0.593. The van der Waals surface area contributed by atoms with Crippen molar-refractivity contribution in [3.8, 4) is 11.1 Å². The van der Waals surface area contributed by atoms with Gasteiger partial charge in [-0.2, -0.15) is 0 Å². The summed E-state index contributed by atoms with van der Waals surface area (Å²) in [5.41, 5.74) is 0.996. The summed E-state index contributed by atoms with van der Waals surface area (Å²) >= 11 is 7.30. The molecule has 0 atom stereocenters. The molecule has 2 heterocycles. The van der Waals surface area contributed by atoms with E-state index in [-0.39, 0.29) is 26.7 Å². The summed E-state index contributed by atoms with van der Waals surface area (Å²) in [5, 5.41) is 3.21. The third kappa shape index (κ3) is 4.07. The van der Waals surface area contributed by atoms with Crippen molar-refractivity contribution in [2.75, 3.05) is 7.05 Å². The van der Waals surface area contributed by atoms with Crippen LogP contribution in [0.2, 0.25) is 5.15 Å². The molecule has 0 saturated heterocycles. The van der Waals surface area contributed by atoms with Crippen molar-refractivity contribution in [2.24, 2.45) is 0 Å². The van der Waals surface area contributed by atoms with Crippen LogP contribution in [0.3, 0.4) is 0 Å². The lowest BCUT2D eigenvalue weighted by atomic mass is 10.1. The van der Waals surface area contributed by atoms with Crippen molar-refractivity contribution in [3.05, 3.63) is 64.5 Å². The Morgan fingerprint density at radius 1 is 1.19 bits per heavy atom. The molecule has 0 amide bonds. The fraction of sp³-hybridized carbons (Fsp3) is 0.118. The van der Waals surface area contributed by atoms with Gasteiger partial charge in [0.25, 0.3) is 0 Å². The van der Waals surface area contributed by atoms with Gasteiger partial charge in [-0.25, -0.2) is 17.8 Å². The smallest absolute Gasteiger partial charge is 0.216 e. The van der Waals surface area contributed by atoms with Crippen LogP contribution in [0, 0.1) is 5.82 Å². The molecule has 3 rings (SSSR count). The van der Waals surface area contributed by atoms with Gasteiger partial charge >= 0.3 is 0 Å². The van der Waals surface area contributed by atoms with Gasteiger partial charge in [0.05, 0.1) is 4.90 Å². The minimum Gasteiger partial charge on any atom is -0.315 e. The topological polar surface area (TPSA) is 59.1 Å². The zero-order valence-electron chi connectivity index (χ0n) is 13.6. The number of pyridine rings is 1. The molecule has 0 aliphatic carbocycles. The molecular formula is C17H15Cl2FN2O2S2. The van der Waals surface area contributed by atoms with Crippen LogP contribution in [0.4, 0.5) is 4.39 Å². The first-order chi connectivity index (χ1) is 11.9. The maximum absolute atomic E-state index is 13.5. The van der Waals surface area contributed by atoms with Crippen LogP contribution < -0.4 is 5.32 Å². The van der Waals surface area contributed by atoms with Gasteiger partial charge in [0.15, 0.2) is 0 Å². The van der Waals surface area contributed by atoms with Crippen LogP contribution in [-0.2, 0) is 16.4 Å². The Hall–Kier alpha value is -1.51. The molecule has 2 aromatic heterocycles. The predicted molar refractivity (Wildman–Crippen MR) is 104 cm³/mol. The van der Waals surface area contributed by atoms with Crippen molar-refractivity contribution in [2.45, 2.75) is 15.6 Å². The summed E-state index contributed by atoms with van der Waals surface area (Å²) in [6.07, 6.45) is 1.54. The molecule has 138 valence electrons. The zero-order valence-corrected chi connectivity index (χ0v) is 16.8. The van der Waals surface area contributed by atoms with Gasteiger partial charge in [-0.1, -0.05) is 17.7 Å². The van der Waals surface area contributed by atoms with Crippen molar-refractivity contribution in [3.63, 3.8) is 0 Å². The number of nitrogens with zero attached hydrogens (tertiary/aromatic N) is 1. The summed E-state index contributed by atoms with van der Waals surface area (Å²) in [6.45, 7) is 0.508. The van der Waals surface area contributed by atoms with Gasteiger partial charge in [-0.3, -0.25) is 0 Å². The normalized spacial score (nSPS) is 11.2. The van der Waals surface area contributed by atoms with Gasteiger partial charge < -0.3 is 5.32 Å². The van der Waals surface area contributed by atoms with E-state index in [0.717, 1.165) is 22.3 Å². The number of nitrogens with one attached hydrogen (secondary N) is 1. The molecular weight excluding hydrogens is 418 g/mol. The number of thiophene rings is 1. The molecule has 4 nitrogen and oxygen atoms in total. The first kappa shape index (κ1) is 20.8. The second-order valence-electron chi connectivity index (χ2n) is 5.25. The first-order valence-electron chi connectivity index (χ1n) is 7.32. The van der Waals surface area contributed by atoms with Crippen molar-refractivity contribution >= 4 is 45.2 Å². The molecule has 9 heteroatoms. The molecule has 0 radical (unpaired) electrons. The molecule has 0 aliphatic rings. The summed E-state index contributed by atoms with van der Waals surface area (Å²) < 4.78 is 39.8. The van der Waals surface area contributed by atoms with Gasteiger partial charge in [0, 0.05) is 28.7 Å². The Morgan fingerprint density at radius 3 is 2.62 bits per heavy atom. The van der Waals surface area contributed by atoms with Crippen LogP contribution in [-0.4, -0.2) is 20.4 Å². The second-order valence-corrected chi connectivity index (χ2v) is 8.89.